The van der Waals surface area contributed by atoms with E-state index in [1.807, 2.05) is 13.8 Å². The van der Waals surface area contributed by atoms with Crippen LogP contribution in [-0.2, 0) is 6.54 Å². The first-order valence-corrected chi connectivity index (χ1v) is 6.42. The van der Waals surface area contributed by atoms with Gasteiger partial charge in [-0.2, -0.15) is 0 Å². The van der Waals surface area contributed by atoms with E-state index >= 15 is 0 Å². The Morgan fingerprint density at radius 3 is 2.62 bits per heavy atom. The van der Waals surface area contributed by atoms with Crippen molar-refractivity contribution < 1.29 is 4.42 Å². The van der Waals surface area contributed by atoms with Crippen molar-refractivity contribution in [3.8, 4) is 0 Å². The molecule has 1 aromatic heterocycles. The summed E-state index contributed by atoms with van der Waals surface area (Å²) in [6, 6.07) is 2.14. The van der Waals surface area contributed by atoms with E-state index in [-0.39, 0.29) is 0 Å². The van der Waals surface area contributed by atoms with Crippen molar-refractivity contribution in [3.05, 3.63) is 23.2 Å². The molecule has 1 N–H and O–H groups in total. The van der Waals surface area contributed by atoms with Gasteiger partial charge in [-0.1, -0.05) is 13.3 Å². The van der Waals surface area contributed by atoms with E-state index in [4.69, 9.17) is 4.42 Å². The molecule has 0 aromatic carbocycles. The van der Waals surface area contributed by atoms with E-state index < -0.39 is 0 Å². The standard InChI is InChI=1S/C14H23NO/c1-4-5-14(6-7-14)10-15-9-13-8-11(2)16-12(13)3/h8,15H,4-7,9-10H2,1-3H3. The molecule has 0 radical (unpaired) electrons. The van der Waals surface area contributed by atoms with E-state index in [1.54, 1.807) is 0 Å². The van der Waals surface area contributed by atoms with Crippen molar-refractivity contribution in [1.82, 2.24) is 5.32 Å². The molecule has 1 heterocycles. The average molecular weight is 221 g/mol. The van der Waals surface area contributed by atoms with Crippen LogP contribution in [0.15, 0.2) is 10.5 Å². The highest BCUT2D eigenvalue weighted by molar-refractivity contribution is 5.19. The minimum Gasteiger partial charge on any atom is -0.466 e. The number of aryl methyl sites for hydroxylation is 2. The summed E-state index contributed by atoms with van der Waals surface area (Å²) in [5.74, 6) is 2.08. The molecule has 0 bridgehead atoms. The normalized spacial score (nSPS) is 17.7. The topological polar surface area (TPSA) is 25.2 Å². The minimum absolute atomic E-state index is 0.640. The Labute approximate surface area is 98.4 Å². The third-order valence-electron chi connectivity index (χ3n) is 3.70. The van der Waals surface area contributed by atoms with E-state index in [1.165, 1.54) is 37.8 Å². The van der Waals surface area contributed by atoms with E-state index in [0.29, 0.717) is 5.41 Å². The molecule has 90 valence electrons. The van der Waals surface area contributed by atoms with E-state index in [0.717, 1.165) is 18.1 Å². The van der Waals surface area contributed by atoms with Crippen LogP contribution >= 0.6 is 0 Å². The van der Waals surface area contributed by atoms with Crippen LogP contribution in [-0.4, -0.2) is 6.54 Å². The Hall–Kier alpha value is -0.760. The van der Waals surface area contributed by atoms with Crippen molar-refractivity contribution in [2.75, 3.05) is 6.54 Å². The third kappa shape index (κ3) is 2.67. The van der Waals surface area contributed by atoms with Crippen molar-refractivity contribution in [1.29, 1.82) is 0 Å². The fourth-order valence-electron chi connectivity index (χ4n) is 2.54. The summed E-state index contributed by atoms with van der Waals surface area (Å²) in [4.78, 5) is 0. The van der Waals surface area contributed by atoms with Crippen LogP contribution in [0.2, 0.25) is 0 Å². The molecule has 2 rings (SSSR count). The van der Waals surface area contributed by atoms with Crippen LogP contribution in [0.4, 0.5) is 0 Å². The zero-order valence-corrected chi connectivity index (χ0v) is 10.7. The lowest BCUT2D eigenvalue weighted by Gasteiger charge is -2.14. The highest BCUT2D eigenvalue weighted by Crippen LogP contribution is 2.48. The fourth-order valence-corrected chi connectivity index (χ4v) is 2.54. The Balaban J connectivity index is 1.78. The Morgan fingerprint density at radius 2 is 2.12 bits per heavy atom. The van der Waals surface area contributed by atoms with Gasteiger partial charge >= 0.3 is 0 Å². The molecule has 0 saturated heterocycles. The average Bonchev–Trinajstić information content (AvgIpc) is 2.89. The second-order valence-corrected chi connectivity index (χ2v) is 5.29. The van der Waals surface area contributed by atoms with Gasteiger partial charge in [-0.3, -0.25) is 0 Å². The zero-order valence-electron chi connectivity index (χ0n) is 10.7. The molecule has 0 aliphatic heterocycles. The van der Waals surface area contributed by atoms with Gasteiger partial charge in [0, 0.05) is 18.7 Å². The minimum atomic E-state index is 0.640. The van der Waals surface area contributed by atoms with Crippen LogP contribution in [0.1, 0.15) is 49.7 Å². The van der Waals surface area contributed by atoms with Gasteiger partial charge in [-0.15, -0.1) is 0 Å². The van der Waals surface area contributed by atoms with Crippen molar-refractivity contribution >= 4 is 0 Å². The van der Waals surface area contributed by atoms with Gasteiger partial charge in [0.1, 0.15) is 11.5 Å². The number of furan rings is 1. The Morgan fingerprint density at radius 1 is 1.38 bits per heavy atom. The van der Waals surface area contributed by atoms with Crippen molar-refractivity contribution in [2.45, 2.75) is 53.0 Å². The molecular formula is C14H23NO. The maximum Gasteiger partial charge on any atom is 0.105 e. The zero-order chi connectivity index (χ0) is 11.6. The van der Waals surface area contributed by atoms with Crippen LogP contribution < -0.4 is 5.32 Å². The van der Waals surface area contributed by atoms with Gasteiger partial charge in [0.15, 0.2) is 0 Å². The Bertz CT molecular complexity index is 350. The van der Waals surface area contributed by atoms with Crippen molar-refractivity contribution in [3.63, 3.8) is 0 Å². The fraction of sp³-hybridized carbons (Fsp3) is 0.714. The molecule has 0 unspecified atom stereocenters. The SMILES string of the molecule is CCCC1(CNCc2cc(C)oc2C)CC1. The highest BCUT2D eigenvalue weighted by Gasteiger charge is 2.40. The number of hydrogen-bond donors (Lipinski definition) is 1. The maximum atomic E-state index is 5.52. The monoisotopic (exact) mass is 221 g/mol. The summed E-state index contributed by atoms with van der Waals surface area (Å²) in [7, 11) is 0. The highest BCUT2D eigenvalue weighted by atomic mass is 16.3. The first-order chi connectivity index (χ1) is 7.65. The number of hydrogen-bond acceptors (Lipinski definition) is 2. The summed E-state index contributed by atoms with van der Waals surface area (Å²) in [6.45, 7) is 8.46. The molecule has 0 amide bonds. The number of nitrogens with one attached hydrogen (secondary N) is 1. The van der Waals surface area contributed by atoms with Crippen LogP contribution in [0.25, 0.3) is 0 Å². The first-order valence-electron chi connectivity index (χ1n) is 6.42. The second-order valence-electron chi connectivity index (χ2n) is 5.29. The molecule has 1 saturated carbocycles. The summed E-state index contributed by atoms with van der Waals surface area (Å²) in [6.07, 6.45) is 5.52. The smallest absolute Gasteiger partial charge is 0.105 e. The Kier molecular flexibility index (Phi) is 3.38. The van der Waals surface area contributed by atoms with Gasteiger partial charge < -0.3 is 9.73 Å². The molecular weight excluding hydrogens is 198 g/mol. The van der Waals surface area contributed by atoms with Crippen LogP contribution in [0, 0.1) is 19.3 Å². The lowest BCUT2D eigenvalue weighted by atomic mass is 10.0. The summed E-state index contributed by atoms with van der Waals surface area (Å²) < 4.78 is 5.52. The van der Waals surface area contributed by atoms with Gasteiger partial charge in [0.2, 0.25) is 0 Å². The largest absolute Gasteiger partial charge is 0.466 e. The van der Waals surface area contributed by atoms with Crippen LogP contribution in [0.3, 0.4) is 0 Å². The first kappa shape index (κ1) is 11.7. The van der Waals surface area contributed by atoms with Gasteiger partial charge in [0.25, 0.3) is 0 Å². The lowest BCUT2D eigenvalue weighted by Crippen LogP contribution is -2.23. The summed E-state index contributed by atoms with van der Waals surface area (Å²) in [5.41, 5.74) is 1.95. The molecule has 2 heteroatoms. The molecule has 16 heavy (non-hydrogen) atoms. The van der Waals surface area contributed by atoms with Crippen molar-refractivity contribution in [2.24, 2.45) is 5.41 Å². The summed E-state index contributed by atoms with van der Waals surface area (Å²) in [5, 5.41) is 3.58. The van der Waals surface area contributed by atoms with Crippen LogP contribution in [0.5, 0.6) is 0 Å². The molecule has 1 fully saturated rings. The molecule has 1 aliphatic rings. The molecule has 0 spiro atoms. The van der Waals surface area contributed by atoms with Gasteiger partial charge in [-0.05, 0) is 44.6 Å². The predicted octanol–water partition coefficient (Wildman–Crippen LogP) is 3.57. The second kappa shape index (κ2) is 4.62. The third-order valence-corrected chi connectivity index (χ3v) is 3.70. The summed E-state index contributed by atoms with van der Waals surface area (Å²) >= 11 is 0. The lowest BCUT2D eigenvalue weighted by molar-refractivity contribution is 0.419. The molecule has 2 nitrogen and oxygen atoms in total. The maximum absolute atomic E-state index is 5.52. The van der Waals surface area contributed by atoms with Gasteiger partial charge in [-0.25, -0.2) is 0 Å². The molecule has 1 aromatic rings. The molecule has 1 aliphatic carbocycles. The predicted molar refractivity (Wildman–Crippen MR) is 66.5 cm³/mol. The van der Waals surface area contributed by atoms with Gasteiger partial charge in [0.05, 0.1) is 0 Å². The quantitative estimate of drug-likeness (QED) is 0.794. The van der Waals surface area contributed by atoms with E-state index in [9.17, 15) is 0 Å². The van der Waals surface area contributed by atoms with E-state index in [2.05, 4.69) is 18.3 Å². The molecule has 0 atom stereocenters. The number of rotatable bonds is 6.